The number of fused-ring (bicyclic) bond motifs is 1. The molecule has 0 N–H and O–H groups in total. The van der Waals surface area contributed by atoms with Gasteiger partial charge in [0.05, 0.1) is 17.6 Å². The van der Waals surface area contributed by atoms with Gasteiger partial charge in [-0.05, 0) is 42.0 Å². The quantitative estimate of drug-likeness (QED) is 0.486. The maximum atomic E-state index is 13.1. The molecule has 2 heterocycles. The van der Waals surface area contributed by atoms with Crippen LogP contribution < -0.4 is 10.4 Å². The van der Waals surface area contributed by atoms with Crippen molar-refractivity contribution in [3.05, 3.63) is 98.1 Å². The predicted molar refractivity (Wildman–Crippen MR) is 109 cm³/mol. The Morgan fingerprint density at radius 2 is 1.77 bits per heavy atom. The van der Waals surface area contributed by atoms with Gasteiger partial charge in [0.1, 0.15) is 4.83 Å². The maximum Gasteiger partial charge on any atom is 0.263 e. The van der Waals surface area contributed by atoms with Crippen LogP contribution in [0.2, 0.25) is 0 Å². The fourth-order valence-electron chi connectivity index (χ4n) is 2.62. The van der Waals surface area contributed by atoms with Crippen molar-refractivity contribution in [1.82, 2.24) is 9.55 Å². The molecule has 2 aromatic heterocycles. The van der Waals surface area contributed by atoms with Crippen LogP contribution in [0, 0.1) is 0 Å². The molecule has 0 radical (unpaired) electrons. The summed E-state index contributed by atoms with van der Waals surface area (Å²) in [7, 11) is 0. The van der Waals surface area contributed by atoms with Crippen molar-refractivity contribution in [3.8, 4) is 0 Å². The van der Waals surface area contributed by atoms with Crippen molar-refractivity contribution >= 4 is 43.2 Å². The molecule has 4 aromatic rings. The van der Waals surface area contributed by atoms with Gasteiger partial charge in [0.15, 0.2) is 4.80 Å². The lowest BCUT2D eigenvalue weighted by Gasteiger charge is -2.08. The molecule has 0 aliphatic heterocycles. The molecule has 128 valence electrons. The second-order valence-corrected chi connectivity index (χ2v) is 7.58. The van der Waals surface area contributed by atoms with Gasteiger partial charge in [0, 0.05) is 10.7 Å². The molecular formula is C20H14BrN3OS. The Balaban J connectivity index is 1.96. The van der Waals surface area contributed by atoms with Gasteiger partial charge in [-0.25, -0.2) is 9.98 Å². The van der Waals surface area contributed by atoms with Gasteiger partial charge in [0.25, 0.3) is 5.56 Å². The lowest BCUT2D eigenvalue weighted by atomic mass is 10.2. The van der Waals surface area contributed by atoms with Crippen LogP contribution in [-0.4, -0.2) is 9.55 Å². The van der Waals surface area contributed by atoms with Gasteiger partial charge in [-0.3, -0.25) is 9.36 Å². The molecule has 0 bridgehead atoms. The van der Waals surface area contributed by atoms with E-state index in [0.29, 0.717) is 21.6 Å². The second kappa shape index (κ2) is 7.35. The highest BCUT2D eigenvalue weighted by Gasteiger charge is 2.08. The Hall–Kier alpha value is -2.57. The molecule has 0 unspecified atom stereocenters. The number of pyridine rings is 1. The molecule has 0 amide bonds. The van der Waals surface area contributed by atoms with Crippen LogP contribution in [0.1, 0.15) is 5.56 Å². The van der Waals surface area contributed by atoms with Crippen LogP contribution in [0.25, 0.3) is 10.2 Å². The van der Waals surface area contributed by atoms with E-state index in [0.717, 1.165) is 15.7 Å². The van der Waals surface area contributed by atoms with Gasteiger partial charge in [-0.1, -0.05) is 57.6 Å². The Kier molecular flexibility index (Phi) is 4.77. The molecule has 6 heteroatoms. The lowest BCUT2D eigenvalue weighted by Crippen LogP contribution is -2.32. The molecule has 0 aliphatic rings. The number of rotatable bonds is 3. The van der Waals surface area contributed by atoms with Crippen molar-refractivity contribution in [2.24, 2.45) is 4.99 Å². The van der Waals surface area contributed by atoms with E-state index in [2.05, 4.69) is 20.9 Å². The topological polar surface area (TPSA) is 47.2 Å². The summed E-state index contributed by atoms with van der Waals surface area (Å²) in [5.41, 5.74) is 1.77. The summed E-state index contributed by atoms with van der Waals surface area (Å²) in [6, 6.07) is 21.2. The van der Waals surface area contributed by atoms with E-state index in [1.165, 1.54) is 11.3 Å². The highest BCUT2D eigenvalue weighted by molar-refractivity contribution is 9.10. The van der Waals surface area contributed by atoms with Gasteiger partial charge >= 0.3 is 0 Å². The summed E-state index contributed by atoms with van der Waals surface area (Å²) >= 11 is 4.85. The van der Waals surface area contributed by atoms with Crippen LogP contribution >= 0.6 is 27.3 Å². The number of hydrogen-bond acceptors (Lipinski definition) is 4. The first-order valence-electron chi connectivity index (χ1n) is 8.03. The average molecular weight is 424 g/mol. The molecule has 2 aromatic carbocycles. The molecule has 0 spiro atoms. The van der Waals surface area contributed by atoms with Crippen LogP contribution in [0.4, 0.5) is 5.69 Å². The first kappa shape index (κ1) is 16.9. The van der Waals surface area contributed by atoms with E-state index in [4.69, 9.17) is 4.99 Å². The van der Waals surface area contributed by atoms with Crippen LogP contribution in [0.5, 0.6) is 0 Å². The van der Waals surface area contributed by atoms with Crippen LogP contribution in [-0.2, 0) is 6.54 Å². The molecule has 0 atom stereocenters. The first-order chi connectivity index (χ1) is 12.7. The smallest absolute Gasteiger partial charge is 0.263 e. The van der Waals surface area contributed by atoms with Crippen molar-refractivity contribution < 1.29 is 0 Å². The third-order valence-electron chi connectivity index (χ3n) is 3.90. The number of halogens is 1. The third kappa shape index (κ3) is 3.52. The summed E-state index contributed by atoms with van der Waals surface area (Å²) in [4.78, 5) is 23.4. The summed E-state index contributed by atoms with van der Waals surface area (Å²) in [5.74, 6) is 0. The molecule has 26 heavy (non-hydrogen) atoms. The van der Waals surface area contributed by atoms with E-state index >= 15 is 0 Å². The summed E-state index contributed by atoms with van der Waals surface area (Å²) in [6.45, 7) is 0.469. The van der Waals surface area contributed by atoms with Gasteiger partial charge in [-0.2, -0.15) is 0 Å². The van der Waals surface area contributed by atoms with E-state index in [9.17, 15) is 4.79 Å². The van der Waals surface area contributed by atoms with Crippen LogP contribution in [0.15, 0.2) is 87.2 Å². The zero-order valence-electron chi connectivity index (χ0n) is 13.7. The van der Waals surface area contributed by atoms with E-state index in [1.807, 2.05) is 60.7 Å². The Morgan fingerprint density at radius 1 is 1.00 bits per heavy atom. The van der Waals surface area contributed by atoms with Gasteiger partial charge in [-0.15, -0.1) is 0 Å². The predicted octanol–water partition coefficient (Wildman–Crippen LogP) is 4.50. The van der Waals surface area contributed by atoms with E-state index < -0.39 is 0 Å². The highest BCUT2D eigenvalue weighted by atomic mass is 79.9. The van der Waals surface area contributed by atoms with E-state index in [-0.39, 0.29) is 5.56 Å². The molecule has 0 fully saturated rings. The molecular weight excluding hydrogens is 410 g/mol. The monoisotopic (exact) mass is 423 g/mol. The fraction of sp³-hybridized carbons (Fsp3) is 0.0500. The van der Waals surface area contributed by atoms with Gasteiger partial charge < -0.3 is 0 Å². The molecule has 4 nitrogen and oxygen atoms in total. The average Bonchev–Trinajstić information content (AvgIpc) is 2.67. The zero-order chi connectivity index (χ0) is 17.9. The number of aromatic nitrogens is 2. The summed E-state index contributed by atoms with van der Waals surface area (Å²) in [5, 5.41) is 0.614. The number of benzene rings is 2. The first-order valence-corrected chi connectivity index (χ1v) is 9.64. The maximum absolute atomic E-state index is 13.1. The second-order valence-electron chi connectivity index (χ2n) is 5.71. The fourth-order valence-corrected chi connectivity index (χ4v) is 3.85. The molecule has 0 saturated carbocycles. The normalized spacial score (nSPS) is 11.8. The molecule has 0 aliphatic carbocycles. The summed E-state index contributed by atoms with van der Waals surface area (Å²) < 4.78 is 2.70. The van der Waals surface area contributed by atoms with Gasteiger partial charge in [0.2, 0.25) is 0 Å². The SMILES string of the molecule is O=c1c2cccnc2s/c(=N\c2ccc(Br)cc2)n1Cc1ccccc1. The standard InChI is InChI=1S/C20H14BrN3OS/c21-15-8-10-16(11-9-15)23-20-24(13-14-5-2-1-3-6-14)19(25)17-7-4-12-22-18(17)26-20/h1-12H,13H2/b23-20-. The number of nitrogens with zero attached hydrogens (tertiary/aromatic N) is 3. The molecule has 0 saturated heterocycles. The Morgan fingerprint density at radius 3 is 2.54 bits per heavy atom. The largest absolute Gasteiger partial charge is 0.279 e. The lowest BCUT2D eigenvalue weighted by molar-refractivity contribution is 0.739. The third-order valence-corrected chi connectivity index (χ3v) is 5.44. The minimum atomic E-state index is -0.0773. The Labute approximate surface area is 162 Å². The minimum Gasteiger partial charge on any atom is -0.279 e. The summed E-state index contributed by atoms with van der Waals surface area (Å²) in [6.07, 6.45) is 1.70. The van der Waals surface area contributed by atoms with E-state index in [1.54, 1.807) is 16.8 Å². The van der Waals surface area contributed by atoms with Crippen molar-refractivity contribution in [3.63, 3.8) is 0 Å². The minimum absolute atomic E-state index is 0.0773. The number of hydrogen-bond donors (Lipinski definition) is 0. The molecule has 4 rings (SSSR count). The van der Waals surface area contributed by atoms with Crippen molar-refractivity contribution in [1.29, 1.82) is 0 Å². The van der Waals surface area contributed by atoms with Crippen molar-refractivity contribution in [2.45, 2.75) is 6.54 Å². The van der Waals surface area contributed by atoms with Crippen molar-refractivity contribution in [2.75, 3.05) is 0 Å². The Bertz CT molecular complexity index is 1180. The highest BCUT2D eigenvalue weighted by Crippen LogP contribution is 2.17. The zero-order valence-corrected chi connectivity index (χ0v) is 16.1. The van der Waals surface area contributed by atoms with Crippen LogP contribution in [0.3, 0.4) is 0 Å².